The van der Waals surface area contributed by atoms with Crippen LogP contribution in [0.2, 0.25) is 0 Å². The van der Waals surface area contributed by atoms with E-state index in [4.69, 9.17) is 4.74 Å². The van der Waals surface area contributed by atoms with Gasteiger partial charge in [0.25, 0.3) is 0 Å². The van der Waals surface area contributed by atoms with Crippen LogP contribution in [0.3, 0.4) is 0 Å². The molecule has 0 radical (unpaired) electrons. The van der Waals surface area contributed by atoms with Crippen LogP contribution in [-0.2, 0) is 6.42 Å². The fourth-order valence-corrected chi connectivity index (χ4v) is 2.27. The monoisotopic (exact) mass is 322 g/mol. The van der Waals surface area contributed by atoms with Crippen LogP contribution in [-0.4, -0.2) is 16.6 Å². The summed E-state index contributed by atoms with van der Waals surface area (Å²) in [6, 6.07) is 6.01. The Kier molecular flexibility index (Phi) is 5.14. The Balaban J connectivity index is 2.30. The van der Waals surface area contributed by atoms with Crippen LogP contribution in [0.15, 0.2) is 22.7 Å². The van der Waals surface area contributed by atoms with Crippen molar-refractivity contribution in [1.82, 2.24) is 9.97 Å². The molecule has 3 nitrogen and oxygen atoms in total. The van der Waals surface area contributed by atoms with Gasteiger partial charge in [-0.1, -0.05) is 42.6 Å². The van der Waals surface area contributed by atoms with Crippen molar-refractivity contribution in [1.29, 1.82) is 0 Å². The summed E-state index contributed by atoms with van der Waals surface area (Å²) in [5, 5.41) is 0.975. The van der Waals surface area contributed by atoms with E-state index in [1.54, 1.807) is 0 Å². The van der Waals surface area contributed by atoms with Crippen LogP contribution < -0.4 is 4.74 Å². The number of rotatable bonds is 6. The minimum absolute atomic E-state index is 0.708. The number of nitrogens with zero attached hydrogens (tertiary/aromatic N) is 2. The van der Waals surface area contributed by atoms with E-state index in [0.29, 0.717) is 5.88 Å². The number of hydrogen-bond acceptors (Lipinski definition) is 3. The molecular formula is C15H19BrN2O. The Morgan fingerprint density at radius 1 is 1.16 bits per heavy atom. The van der Waals surface area contributed by atoms with Gasteiger partial charge in [0.05, 0.1) is 17.5 Å². The van der Waals surface area contributed by atoms with Gasteiger partial charge in [-0.15, -0.1) is 0 Å². The first-order valence-corrected chi connectivity index (χ1v) is 7.63. The molecule has 4 heteroatoms. The number of aromatic nitrogens is 2. The number of benzene rings is 1. The summed E-state index contributed by atoms with van der Waals surface area (Å²) >= 11 is 3.48. The minimum atomic E-state index is 0.708. The van der Waals surface area contributed by atoms with Gasteiger partial charge in [0, 0.05) is 10.9 Å². The molecule has 0 amide bonds. The van der Waals surface area contributed by atoms with Gasteiger partial charge in [0.2, 0.25) is 5.88 Å². The first-order valence-electron chi connectivity index (χ1n) is 6.83. The topological polar surface area (TPSA) is 35.0 Å². The van der Waals surface area contributed by atoms with E-state index in [1.165, 1.54) is 12.8 Å². The Morgan fingerprint density at radius 2 is 2.00 bits per heavy atom. The highest BCUT2D eigenvalue weighted by molar-refractivity contribution is 9.10. The summed E-state index contributed by atoms with van der Waals surface area (Å²) in [7, 11) is 0. The van der Waals surface area contributed by atoms with E-state index in [-0.39, 0.29) is 0 Å². The van der Waals surface area contributed by atoms with E-state index in [0.717, 1.165) is 40.6 Å². The molecule has 19 heavy (non-hydrogen) atoms. The predicted octanol–water partition coefficient (Wildman–Crippen LogP) is 4.52. The summed E-state index contributed by atoms with van der Waals surface area (Å²) in [4.78, 5) is 9.03. The highest BCUT2D eigenvalue weighted by Gasteiger charge is 2.08. The zero-order valence-corrected chi connectivity index (χ0v) is 13.0. The van der Waals surface area contributed by atoms with Crippen LogP contribution in [0.4, 0.5) is 0 Å². The molecule has 0 atom stereocenters. The van der Waals surface area contributed by atoms with Gasteiger partial charge in [-0.3, -0.25) is 0 Å². The number of hydrogen-bond donors (Lipinski definition) is 0. The largest absolute Gasteiger partial charge is 0.477 e. The average molecular weight is 323 g/mol. The Hall–Kier alpha value is -1.16. The van der Waals surface area contributed by atoms with Crippen molar-refractivity contribution in [3.8, 4) is 5.88 Å². The molecule has 0 saturated heterocycles. The van der Waals surface area contributed by atoms with E-state index >= 15 is 0 Å². The first kappa shape index (κ1) is 14.3. The molecule has 0 bridgehead atoms. The molecule has 1 aromatic carbocycles. The Morgan fingerprint density at radius 3 is 2.74 bits per heavy atom. The van der Waals surface area contributed by atoms with Crippen molar-refractivity contribution in [2.24, 2.45) is 0 Å². The number of aryl methyl sites for hydroxylation is 1. The van der Waals surface area contributed by atoms with Gasteiger partial charge in [-0.05, 0) is 24.6 Å². The maximum atomic E-state index is 5.85. The molecule has 1 heterocycles. The van der Waals surface area contributed by atoms with Gasteiger partial charge in [0.15, 0.2) is 0 Å². The molecule has 0 aliphatic heterocycles. The molecule has 0 aliphatic rings. The SMILES string of the molecule is CCCCCOc1nc(CC)nc2ccc(Br)cc12. The van der Waals surface area contributed by atoms with Gasteiger partial charge < -0.3 is 4.74 Å². The quantitative estimate of drug-likeness (QED) is 0.733. The van der Waals surface area contributed by atoms with E-state index in [1.807, 2.05) is 18.2 Å². The molecule has 0 fully saturated rings. The van der Waals surface area contributed by atoms with Crippen molar-refractivity contribution >= 4 is 26.8 Å². The third-order valence-corrected chi connectivity index (χ3v) is 3.47. The fraction of sp³-hybridized carbons (Fsp3) is 0.467. The van der Waals surface area contributed by atoms with Crippen molar-refractivity contribution in [3.63, 3.8) is 0 Å². The van der Waals surface area contributed by atoms with E-state index < -0.39 is 0 Å². The zero-order chi connectivity index (χ0) is 13.7. The lowest BCUT2D eigenvalue weighted by atomic mass is 10.2. The van der Waals surface area contributed by atoms with Crippen LogP contribution in [0, 0.1) is 0 Å². The maximum Gasteiger partial charge on any atom is 0.224 e. The fourth-order valence-electron chi connectivity index (χ4n) is 1.91. The second kappa shape index (κ2) is 6.85. The zero-order valence-electron chi connectivity index (χ0n) is 11.4. The molecule has 102 valence electrons. The van der Waals surface area contributed by atoms with Gasteiger partial charge >= 0.3 is 0 Å². The second-order valence-electron chi connectivity index (χ2n) is 4.52. The number of halogens is 1. The minimum Gasteiger partial charge on any atom is -0.477 e. The molecule has 0 unspecified atom stereocenters. The standard InChI is InChI=1S/C15H19BrN2O/c1-3-5-6-9-19-15-12-10-11(16)7-8-13(12)17-14(4-2)18-15/h7-8,10H,3-6,9H2,1-2H3. The predicted molar refractivity (Wildman–Crippen MR) is 81.6 cm³/mol. The van der Waals surface area contributed by atoms with Crippen molar-refractivity contribution in [2.75, 3.05) is 6.61 Å². The van der Waals surface area contributed by atoms with Crippen molar-refractivity contribution in [2.45, 2.75) is 39.5 Å². The summed E-state index contributed by atoms with van der Waals surface area (Å²) in [6.45, 7) is 4.96. The number of unbranched alkanes of at least 4 members (excludes halogenated alkanes) is 2. The molecule has 0 saturated carbocycles. The molecular weight excluding hydrogens is 304 g/mol. The van der Waals surface area contributed by atoms with Crippen LogP contribution in [0.25, 0.3) is 10.9 Å². The molecule has 0 N–H and O–H groups in total. The summed E-state index contributed by atoms with van der Waals surface area (Å²) in [5.74, 6) is 1.54. The van der Waals surface area contributed by atoms with Crippen LogP contribution in [0.1, 0.15) is 38.9 Å². The normalized spacial score (nSPS) is 10.9. The van der Waals surface area contributed by atoms with E-state index in [2.05, 4.69) is 39.7 Å². The molecule has 0 aliphatic carbocycles. The smallest absolute Gasteiger partial charge is 0.224 e. The molecule has 2 rings (SSSR count). The van der Waals surface area contributed by atoms with Gasteiger partial charge in [-0.25, -0.2) is 4.98 Å². The van der Waals surface area contributed by atoms with E-state index in [9.17, 15) is 0 Å². The maximum absolute atomic E-state index is 5.85. The van der Waals surface area contributed by atoms with Gasteiger partial charge in [-0.2, -0.15) is 4.98 Å². The lowest BCUT2D eigenvalue weighted by Gasteiger charge is -2.09. The van der Waals surface area contributed by atoms with Gasteiger partial charge in [0.1, 0.15) is 5.82 Å². The summed E-state index contributed by atoms with van der Waals surface area (Å²) in [6.07, 6.45) is 4.27. The van der Waals surface area contributed by atoms with Crippen LogP contribution >= 0.6 is 15.9 Å². The number of ether oxygens (including phenoxy) is 1. The molecule has 1 aromatic heterocycles. The average Bonchev–Trinajstić information content (AvgIpc) is 2.43. The third kappa shape index (κ3) is 3.66. The highest BCUT2D eigenvalue weighted by atomic mass is 79.9. The summed E-state index contributed by atoms with van der Waals surface area (Å²) in [5.41, 5.74) is 0.945. The number of fused-ring (bicyclic) bond motifs is 1. The lowest BCUT2D eigenvalue weighted by Crippen LogP contribution is -2.03. The van der Waals surface area contributed by atoms with Crippen molar-refractivity contribution in [3.05, 3.63) is 28.5 Å². The lowest BCUT2D eigenvalue weighted by molar-refractivity contribution is 0.297. The Labute approximate surface area is 122 Å². The summed E-state index contributed by atoms with van der Waals surface area (Å²) < 4.78 is 6.87. The molecule has 2 aromatic rings. The van der Waals surface area contributed by atoms with Crippen molar-refractivity contribution < 1.29 is 4.74 Å². The Bertz CT molecular complexity index is 557. The highest BCUT2D eigenvalue weighted by Crippen LogP contribution is 2.26. The second-order valence-corrected chi connectivity index (χ2v) is 5.43. The molecule has 0 spiro atoms. The first-order chi connectivity index (χ1) is 9.24. The van der Waals surface area contributed by atoms with Crippen LogP contribution in [0.5, 0.6) is 5.88 Å². The third-order valence-electron chi connectivity index (χ3n) is 2.97.